The molecule has 0 aromatic carbocycles. The van der Waals surface area contributed by atoms with Gasteiger partial charge in [0.05, 0.1) is 0 Å². The Morgan fingerprint density at radius 1 is 1.04 bits per heavy atom. The van der Waals surface area contributed by atoms with Crippen LogP contribution in [0.4, 0.5) is 0 Å². The minimum Gasteiger partial charge on any atom is -0.458 e. The molecule has 6 aliphatic rings. The molecule has 9 atom stereocenters. The molecule has 1 aliphatic heterocycles. The predicted octanol–water partition coefficient (Wildman–Crippen LogP) is 4.70. The summed E-state index contributed by atoms with van der Waals surface area (Å²) in [5.41, 5.74) is 1.70. The van der Waals surface area contributed by atoms with E-state index in [1.54, 1.807) is 0 Å². The molecule has 1 saturated heterocycles. The molecule has 0 aromatic heterocycles. The third kappa shape index (κ3) is 1.81. The van der Waals surface area contributed by atoms with Crippen molar-refractivity contribution in [3.05, 3.63) is 11.6 Å². The number of carbonyl (C=O) groups is 2. The van der Waals surface area contributed by atoms with Gasteiger partial charge in [-0.2, -0.15) is 0 Å². The maximum Gasteiger partial charge on any atom is 0.306 e. The molecule has 5 aliphatic carbocycles. The quantitative estimate of drug-likeness (QED) is 0.582. The summed E-state index contributed by atoms with van der Waals surface area (Å²) in [7, 11) is 0. The van der Waals surface area contributed by atoms with Crippen LogP contribution < -0.4 is 0 Å². The Hall–Kier alpha value is -1.12. The van der Waals surface area contributed by atoms with Crippen molar-refractivity contribution in [2.24, 2.45) is 46.3 Å². The van der Waals surface area contributed by atoms with E-state index in [0.29, 0.717) is 30.0 Å². The van der Waals surface area contributed by atoms with Crippen molar-refractivity contribution >= 4 is 11.8 Å². The predicted molar refractivity (Wildman–Crippen MR) is 102 cm³/mol. The van der Waals surface area contributed by atoms with E-state index in [9.17, 15) is 9.59 Å². The first kappa shape index (κ1) is 16.8. The smallest absolute Gasteiger partial charge is 0.306 e. The largest absolute Gasteiger partial charge is 0.458 e. The lowest BCUT2D eigenvalue weighted by atomic mass is 9.46. The van der Waals surface area contributed by atoms with E-state index in [-0.39, 0.29) is 22.4 Å². The second-order valence-electron chi connectivity index (χ2n) is 11.2. The number of carbonyl (C=O) groups excluding carboxylic acids is 2. The molecule has 8 unspecified atom stereocenters. The average molecular weight is 369 g/mol. The van der Waals surface area contributed by atoms with Crippen molar-refractivity contribution in [1.29, 1.82) is 0 Å². The summed E-state index contributed by atoms with van der Waals surface area (Å²) in [6, 6.07) is 0. The van der Waals surface area contributed by atoms with Gasteiger partial charge in [0.15, 0.2) is 5.78 Å². The summed E-state index contributed by atoms with van der Waals surface area (Å²) in [6.07, 6.45) is 10.3. The van der Waals surface area contributed by atoms with Gasteiger partial charge in [0.1, 0.15) is 5.60 Å². The highest BCUT2D eigenvalue weighted by Crippen LogP contribution is 2.76. The van der Waals surface area contributed by atoms with E-state index in [2.05, 4.69) is 26.8 Å². The van der Waals surface area contributed by atoms with Gasteiger partial charge < -0.3 is 4.74 Å². The van der Waals surface area contributed by atoms with Crippen LogP contribution in [0, 0.1) is 46.3 Å². The number of ketones is 1. The fraction of sp³-hybridized carbons (Fsp3) is 0.833. The van der Waals surface area contributed by atoms with E-state index in [1.807, 2.05) is 0 Å². The Balaban J connectivity index is 1.42. The Bertz CT molecular complexity index is 782. The van der Waals surface area contributed by atoms with Crippen molar-refractivity contribution in [2.45, 2.75) is 77.7 Å². The van der Waals surface area contributed by atoms with Gasteiger partial charge in [-0.3, -0.25) is 9.59 Å². The molecule has 1 heterocycles. The van der Waals surface area contributed by atoms with Crippen LogP contribution in [0.25, 0.3) is 0 Å². The maximum absolute atomic E-state index is 12.1. The van der Waals surface area contributed by atoms with Crippen molar-refractivity contribution < 1.29 is 14.3 Å². The monoisotopic (exact) mass is 368 g/mol. The zero-order valence-corrected chi connectivity index (χ0v) is 16.9. The van der Waals surface area contributed by atoms with Gasteiger partial charge >= 0.3 is 5.97 Å². The van der Waals surface area contributed by atoms with Gasteiger partial charge in [-0.05, 0) is 85.5 Å². The Kier molecular flexibility index (Phi) is 3.04. The van der Waals surface area contributed by atoms with Gasteiger partial charge in [0.2, 0.25) is 0 Å². The van der Waals surface area contributed by atoms with Crippen LogP contribution in [0.2, 0.25) is 0 Å². The van der Waals surface area contributed by atoms with E-state index in [4.69, 9.17) is 4.74 Å². The Labute approximate surface area is 162 Å². The minimum absolute atomic E-state index is 0.0294. The number of hydrogen-bond donors (Lipinski definition) is 0. The van der Waals surface area contributed by atoms with Crippen LogP contribution in [-0.2, 0) is 14.3 Å². The van der Waals surface area contributed by atoms with Crippen molar-refractivity contribution in [2.75, 3.05) is 0 Å². The molecule has 3 nitrogen and oxygen atoms in total. The number of hydrogen-bond acceptors (Lipinski definition) is 3. The summed E-state index contributed by atoms with van der Waals surface area (Å²) in [5, 5.41) is 0. The highest BCUT2D eigenvalue weighted by molar-refractivity contribution is 5.92. The van der Waals surface area contributed by atoms with Crippen LogP contribution in [0.1, 0.15) is 72.1 Å². The summed E-state index contributed by atoms with van der Waals surface area (Å²) >= 11 is 0. The molecule has 5 fully saturated rings. The molecule has 0 amide bonds. The second-order valence-corrected chi connectivity index (χ2v) is 11.2. The van der Waals surface area contributed by atoms with Gasteiger partial charge in [-0.1, -0.05) is 26.3 Å². The van der Waals surface area contributed by atoms with Crippen LogP contribution in [0.3, 0.4) is 0 Å². The molecule has 4 saturated carbocycles. The lowest BCUT2D eigenvalue weighted by molar-refractivity contribution is -0.174. The van der Waals surface area contributed by atoms with Crippen LogP contribution >= 0.6 is 0 Å². The zero-order valence-electron chi connectivity index (χ0n) is 16.9. The zero-order chi connectivity index (χ0) is 18.8. The van der Waals surface area contributed by atoms with Crippen LogP contribution in [0.15, 0.2) is 11.6 Å². The molecular weight excluding hydrogens is 336 g/mol. The lowest BCUT2D eigenvalue weighted by Crippen LogP contribution is -2.56. The fourth-order valence-corrected chi connectivity index (χ4v) is 9.16. The van der Waals surface area contributed by atoms with Gasteiger partial charge in [0, 0.05) is 18.3 Å². The van der Waals surface area contributed by atoms with Crippen molar-refractivity contribution in [1.82, 2.24) is 0 Å². The highest BCUT2D eigenvalue weighted by Gasteiger charge is 2.73. The van der Waals surface area contributed by atoms with Crippen molar-refractivity contribution in [3.8, 4) is 0 Å². The fourth-order valence-electron chi connectivity index (χ4n) is 9.16. The minimum atomic E-state index is -0.205. The standard InChI is InChI=1S/C24H32O3/c1-13-10-19-21-16-12-15(16)18-11-14(25)4-7-22(18,2)17(21)5-8-23(19,3)24(13)9-6-20(26)27-24/h11,13,15-17,19,21H,4-10,12H2,1-3H3/t13-,15?,16?,17?,19?,21?,22?,23?,24?/m1/s1. The molecule has 0 radical (unpaired) electrons. The molecular formula is C24H32O3. The second kappa shape index (κ2) is 4.89. The van der Waals surface area contributed by atoms with Crippen molar-refractivity contribution in [3.63, 3.8) is 0 Å². The van der Waals surface area contributed by atoms with E-state index >= 15 is 0 Å². The average Bonchev–Trinajstić information content (AvgIpc) is 3.26. The van der Waals surface area contributed by atoms with Gasteiger partial charge in [0.25, 0.3) is 0 Å². The summed E-state index contributed by atoms with van der Waals surface area (Å²) in [5.74, 6) is 4.49. The maximum atomic E-state index is 12.1. The third-order valence-corrected chi connectivity index (χ3v) is 10.5. The number of rotatable bonds is 0. The third-order valence-electron chi connectivity index (χ3n) is 10.5. The molecule has 6 rings (SSSR count). The molecule has 0 bridgehead atoms. The van der Waals surface area contributed by atoms with Crippen LogP contribution in [-0.4, -0.2) is 17.4 Å². The van der Waals surface area contributed by atoms with Gasteiger partial charge in [-0.25, -0.2) is 0 Å². The Morgan fingerprint density at radius 3 is 2.59 bits per heavy atom. The lowest BCUT2D eigenvalue weighted by Gasteiger charge is -2.59. The first-order valence-electron chi connectivity index (χ1n) is 11.3. The molecule has 0 aromatic rings. The van der Waals surface area contributed by atoms with E-state index < -0.39 is 0 Å². The summed E-state index contributed by atoms with van der Waals surface area (Å²) < 4.78 is 6.17. The first-order valence-corrected chi connectivity index (χ1v) is 11.3. The Morgan fingerprint density at radius 2 is 1.85 bits per heavy atom. The number of esters is 1. The van der Waals surface area contributed by atoms with Crippen LogP contribution in [0.5, 0.6) is 0 Å². The number of fused-ring (bicyclic) bond motifs is 9. The number of ether oxygens (including phenoxy) is 1. The summed E-state index contributed by atoms with van der Waals surface area (Å²) in [6.45, 7) is 7.28. The van der Waals surface area contributed by atoms with Gasteiger partial charge in [-0.15, -0.1) is 0 Å². The van der Waals surface area contributed by atoms with E-state index in [1.165, 1.54) is 31.3 Å². The molecule has 27 heavy (non-hydrogen) atoms. The highest BCUT2D eigenvalue weighted by atomic mass is 16.6. The molecule has 146 valence electrons. The normalized spacial score (nSPS) is 58.1. The summed E-state index contributed by atoms with van der Waals surface area (Å²) in [4.78, 5) is 24.3. The molecule has 0 N–H and O–H groups in total. The van der Waals surface area contributed by atoms with E-state index in [0.717, 1.165) is 37.0 Å². The molecule has 1 spiro atoms. The molecule has 3 heteroatoms. The first-order chi connectivity index (χ1) is 12.8. The topological polar surface area (TPSA) is 43.4 Å². The SMILES string of the molecule is C[C@@H]1CC2C3C4CC4C4=CC(=O)CCC4(C)C3CCC2(C)C12CCC(=O)O2. The number of allylic oxidation sites excluding steroid dienone is 1.